The fraction of sp³-hybridized carbons (Fsp3) is 0.222. The van der Waals surface area contributed by atoms with Crippen LogP contribution < -0.4 is 5.32 Å². The van der Waals surface area contributed by atoms with Crippen LogP contribution in [0.25, 0.3) is 0 Å². The summed E-state index contributed by atoms with van der Waals surface area (Å²) in [5.41, 5.74) is 1.17. The maximum absolute atomic E-state index is 12.0. The molecule has 2 aromatic heterocycles. The molecule has 0 saturated heterocycles. The van der Waals surface area contributed by atoms with Crippen LogP contribution in [-0.2, 0) is 0 Å². The van der Waals surface area contributed by atoms with E-state index in [9.17, 15) is 9.59 Å². The number of aromatic amines is 1. The SMILES string of the molecule is Cc1[nH]c(C(=O)O)c(C)c1C(=O)Nc1nnns1. The van der Waals surface area contributed by atoms with Gasteiger partial charge in [-0.15, -0.1) is 0 Å². The van der Waals surface area contributed by atoms with E-state index >= 15 is 0 Å². The molecule has 0 unspecified atom stereocenters. The molecule has 0 aromatic carbocycles. The van der Waals surface area contributed by atoms with Crippen LogP contribution in [0, 0.1) is 13.8 Å². The number of rotatable bonds is 3. The van der Waals surface area contributed by atoms with Crippen molar-refractivity contribution in [1.82, 2.24) is 19.8 Å². The topological polar surface area (TPSA) is 121 Å². The monoisotopic (exact) mass is 267 g/mol. The van der Waals surface area contributed by atoms with Crippen molar-refractivity contribution in [2.24, 2.45) is 0 Å². The van der Waals surface area contributed by atoms with E-state index < -0.39 is 11.9 Å². The van der Waals surface area contributed by atoms with E-state index in [1.807, 2.05) is 0 Å². The third kappa shape index (κ3) is 2.07. The maximum Gasteiger partial charge on any atom is 0.352 e. The number of carbonyl (C=O) groups is 2. The number of carbonyl (C=O) groups excluding carboxylic acids is 1. The van der Waals surface area contributed by atoms with Gasteiger partial charge in [-0.3, -0.25) is 10.1 Å². The van der Waals surface area contributed by atoms with Gasteiger partial charge in [0.25, 0.3) is 5.91 Å². The number of aromatic nitrogens is 4. The van der Waals surface area contributed by atoms with E-state index in [1.54, 1.807) is 13.8 Å². The smallest absolute Gasteiger partial charge is 0.352 e. The van der Waals surface area contributed by atoms with Crippen LogP contribution in [-0.4, -0.2) is 36.8 Å². The van der Waals surface area contributed by atoms with Crippen LogP contribution >= 0.6 is 11.5 Å². The molecule has 2 rings (SSSR count). The molecule has 2 aromatic rings. The Morgan fingerprint density at radius 1 is 1.39 bits per heavy atom. The lowest BCUT2D eigenvalue weighted by Gasteiger charge is -2.01. The summed E-state index contributed by atoms with van der Waals surface area (Å²) in [6.45, 7) is 3.20. The summed E-state index contributed by atoms with van der Waals surface area (Å²) in [5.74, 6) is -1.54. The first kappa shape index (κ1) is 12.2. The molecule has 0 spiro atoms. The zero-order valence-electron chi connectivity index (χ0n) is 9.51. The fourth-order valence-electron chi connectivity index (χ4n) is 1.65. The normalized spacial score (nSPS) is 10.3. The fourth-order valence-corrected chi connectivity index (χ4v) is 2.01. The molecule has 0 aliphatic rings. The highest BCUT2D eigenvalue weighted by Gasteiger charge is 2.22. The number of aryl methyl sites for hydroxylation is 1. The van der Waals surface area contributed by atoms with Gasteiger partial charge < -0.3 is 10.1 Å². The summed E-state index contributed by atoms with van der Waals surface area (Å²) in [6.07, 6.45) is 0. The zero-order chi connectivity index (χ0) is 13.3. The van der Waals surface area contributed by atoms with Crippen LogP contribution in [0.4, 0.5) is 5.13 Å². The first-order valence-corrected chi connectivity index (χ1v) is 5.67. The number of nitrogens with one attached hydrogen (secondary N) is 2. The van der Waals surface area contributed by atoms with Crippen molar-refractivity contribution < 1.29 is 14.7 Å². The maximum atomic E-state index is 12.0. The van der Waals surface area contributed by atoms with Gasteiger partial charge in [0.2, 0.25) is 5.13 Å². The quantitative estimate of drug-likeness (QED) is 0.757. The van der Waals surface area contributed by atoms with Crippen molar-refractivity contribution in [3.63, 3.8) is 0 Å². The second-order valence-electron chi connectivity index (χ2n) is 3.55. The number of anilines is 1. The molecule has 94 valence electrons. The van der Waals surface area contributed by atoms with E-state index in [-0.39, 0.29) is 10.8 Å². The largest absolute Gasteiger partial charge is 0.477 e. The summed E-state index contributed by atoms with van der Waals surface area (Å²) in [7, 11) is 0. The zero-order valence-corrected chi connectivity index (χ0v) is 10.3. The Balaban J connectivity index is 2.33. The highest BCUT2D eigenvalue weighted by Crippen LogP contribution is 2.19. The van der Waals surface area contributed by atoms with Gasteiger partial charge in [-0.1, -0.05) is 9.59 Å². The predicted octanol–water partition coefficient (Wildman–Crippen LogP) is 0.829. The van der Waals surface area contributed by atoms with E-state index in [0.717, 1.165) is 11.5 Å². The molecule has 18 heavy (non-hydrogen) atoms. The molecular weight excluding hydrogens is 258 g/mol. The lowest BCUT2D eigenvalue weighted by molar-refractivity contribution is 0.0690. The number of nitrogens with zero attached hydrogens (tertiary/aromatic N) is 3. The van der Waals surface area contributed by atoms with Gasteiger partial charge in [-0.25, -0.2) is 4.79 Å². The van der Waals surface area contributed by atoms with Crippen LogP contribution in [0.3, 0.4) is 0 Å². The number of H-pyrrole nitrogens is 1. The predicted molar refractivity (Wildman–Crippen MR) is 62.9 cm³/mol. The summed E-state index contributed by atoms with van der Waals surface area (Å²) >= 11 is 0.940. The van der Waals surface area contributed by atoms with Gasteiger partial charge in [-0.2, -0.15) is 0 Å². The number of hydrogen-bond acceptors (Lipinski definition) is 6. The Labute approximate surface area is 105 Å². The molecular formula is C9H9N5O3S. The van der Waals surface area contributed by atoms with Crippen molar-refractivity contribution in [2.45, 2.75) is 13.8 Å². The first-order valence-electron chi connectivity index (χ1n) is 4.89. The highest BCUT2D eigenvalue weighted by molar-refractivity contribution is 7.09. The third-order valence-electron chi connectivity index (χ3n) is 2.40. The van der Waals surface area contributed by atoms with Crippen molar-refractivity contribution in [1.29, 1.82) is 0 Å². The Morgan fingerprint density at radius 3 is 2.61 bits per heavy atom. The molecule has 0 bridgehead atoms. The van der Waals surface area contributed by atoms with Crippen LogP contribution in [0.1, 0.15) is 32.1 Å². The number of carboxylic acid groups (broad SMARTS) is 1. The van der Waals surface area contributed by atoms with Gasteiger partial charge in [-0.05, 0) is 24.6 Å². The molecule has 0 fully saturated rings. The number of hydrogen-bond donors (Lipinski definition) is 3. The number of amides is 1. The lowest BCUT2D eigenvalue weighted by atomic mass is 10.1. The lowest BCUT2D eigenvalue weighted by Crippen LogP contribution is -2.13. The average molecular weight is 267 g/mol. The molecule has 1 amide bonds. The van der Waals surface area contributed by atoms with Gasteiger partial charge in [0.15, 0.2) is 0 Å². The van der Waals surface area contributed by atoms with Crippen molar-refractivity contribution in [2.75, 3.05) is 5.32 Å². The molecule has 0 radical (unpaired) electrons. The minimum Gasteiger partial charge on any atom is -0.477 e. The third-order valence-corrected chi connectivity index (χ3v) is 2.91. The highest BCUT2D eigenvalue weighted by atomic mass is 32.1. The molecule has 8 nitrogen and oxygen atoms in total. The molecule has 0 aliphatic carbocycles. The Hall–Kier alpha value is -2.29. The molecule has 0 atom stereocenters. The van der Waals surface area contributed by atoms with E-state index in [1.165, 1.54) is 0 Å². The second kappa shape index (κ2) is 4.53. The van der Waals surface area contributed by atoms with Gasteiger partial charge in [0.1, 0.15) is 5.69 Å². The van der Waals surface area contributed by atoms with E-state index in [0.29, 0.717) is 16.8 Å². The minimum absolute atomic E-state index is 0.00744. The minimum atomic E-state index is -1.10. The number of aromatic carboxylic acids is 1. The van der Waals surface area contributed by atoms with Crippen LogP contribution in [0.15, 0.2) is 0 Å². The molecule has 9 heteroatoms. The molecule has 2 heterocycles. The summed E-state index contributed by atoms with van der Waals surface area (Å²) in [6, 6.07) is 0. The summed E-state index contributed by atoms with van der Waals surface area (Å²) < 4.78 is 3.51. The van der Waals surface area contributed by atoms with Crippen molar-refractivity contribution in [3.05, 3.63) is 22.5 Å². The average Bonchev–Trinajstić information content (AvgIpc) is 2.86. The van der Waals surface area contributed by atoms with E-state index in [4.69, 9.17) is 5.11 Å². The molecule has 0 aliphatic heterocycles. The van der Waals surface area contributed by atoms with Gasteiger partial charge in [0.05, 0.1) is 5.56 Å². The van der Waals surface area contributed by atoms with Crippen molar-refractivity contribution in [3.8, 4) is 0 Å². The van der Waals surface area contributed by atoms with Crippen molar-refractivity contribution >= 4 is 28.5 Å². The Morgan fingerprint density at radius 2 is 2.11 bits per heavy atom. The standard InChI is InChI=1S/C9H9N5O3S/c1-3-5(4(2)10-6(3)8(16)17)7(15)11-9-12-13-14-18-9/h10H,1-2H3,(H,16,17)(H,11,12,14,15). The second-order valence-corrected chi connectivity index (χ2v) is 4.28. The Kier molecular flexibility index (Phi) is 3.06. The molecule has 3 N–H and O–H groups in total. The first-order chi connectivity index (χ1) is 8.50. The van der Waals surface area contributed by atoms with Crippen LogP contribution in [0.2, 0.25) is 0 Å². The summed E-state index contributed by atoms with van der Waals surface area (Å²) in [4.78, 5) is 25.6. The van der Waals surface area contributed by atoms with E-state index in [2.05, 4.69) is 25.1 Å². The summed E-state index contributed by atoms with van der Waals surface area (Å²) in [5, 5.41) is 18.6. The number of carboxylic acids is 1. The molecule has 0 saturated carbocycles. The van der Waals surface area contributed by atoms with Gasteiger partial charge >= 0.3 is 5.97 Å². The Bertz CT molecular complexity index is 604. The van der Waals surface area contributed by atoms with Crippen LogP contribution in [0.5, 0.6) is 0 Å². The van der Waals surface area contributed by atoms with Gasteiger partial charge in [0, 0.05) is 17.2 Å².